The summed E-state index contributed by atoms with van der Waals surface area (Å²) in [6.07, 6.45) is 2.94. The van der Waals surface area contributed by atoms with Gasteiger partial charge in [-0.25, -0.2) is 17.8 Å². The first-order valence-electron chi connectivity index (χ1n) is 9.09. The van der Waals surface area contributed by atoms with Crippen molar-refractivity contribution in [2.24, 2.45) is 7.05 Å². The standard InChI is InChI=1S/C20H20ClFN4O2S/c1-25-12-20(23-13-25)29(27,28)26-10-16(14-6-8-15(22)9-7-14)19(11-26)24-18-5-3-2-4-17(18)21/h2-9,12-13,16,19,24H,10-11H2,1H3/t16-,19+/m1/s1. The summed E-state index contributed by atoms with van der Waals surface area (Å²) in [6.45, 7) is 0.499. The second kappa shape index (κ2) is 7.78. The van der Waals surface area contributed by atoms with Crippen LogP contribution in [0.3, 0.4) is 0 Å². The molecule has 4 rings (SSSR count). The number of anilines is 1. The molecule has 9 heteroatoms. The highest BCUT2D eigenvalue weighted by Gasteiger charge is 2.41. The van der Waals surface area contributed by atoms with E-state index in [-0.39, 0.29) is 35.9 Å². The van der Waals surface area contributed by atoms with Crippen molar-refractivity contribution in [1.82, 2.24) is 13.9 Å². The quantitative estimate of drug-likeness (QED) is 0.667. The molecule has 0 amide bonds. The number of sulfonamides is 1. The van der Waals surface area contributed by atoms with Crippen molar-refractivity contribution in [2.75, 3.05) is 18.4 Å². The minimum atomic E-state index is -3.75. The molecule has 2 atom stereocenters. The lowest BCUT2D eigenvalue weighted by molar-refractivity contribution is 0.468. The Balaban J connectivity index is 1.67. The van der Waals surface area contributed by atoms with E-state index in [1.807, 2.05) is 18.2 Å². The fraction of sp³-hybridized carbons (Fsp3) is 0.250. The minimum Gasteiger partial charge on any atom is -0.379 e. The molecule has 6 nitrogen and oxygen atoms in total. The van der Waals surface area contributed by atoms with E-state index in [1.165, 1.54) is 29.0 Å². The molecule has 1 aliphatic rings. The summed E-state index contributed by atoms with van der Waals surface area (Å²) in [7, 11) is -2.03. The summed E-state index contributed by atoms with van der Waals surface area (Å²) >= 11 is 6.29. The average Bonchev–Trinajstić information content (AvgIpc) is 3.32. The first-order valence-corrected chi connectivity index (χ1v) is 10.9. The first-order chi connectivity index (χ1) is 13.8. The summed E-state index contributed by atoms with van der Waals surface area (Å²) in [5.41, 5.74) is 1.58. The zero-order valence-corrected chi connectivity index (χ0v) is 17.2. The summed E-state index contributed by atoms with van der Waals surface area (Å²) in [6, 6.07) is 13.2. The Kier molecular flexibility index (Phi) is 5.33. The molecule has 0 saturated carbocycles. The molecule has 0 aliphatic carbocycles. The lowest BCUT2D eigenvalue weighted by Gasteiger charge is -2.22. The Bertz CT molecular complexity index is 1120. The van der Waals surface area contributed by atoms with Gasteiger partial charge in [0.05, 0.1) is 17.0 Å². The molecule has 0 bridgehead atoms. The normalized spacial score (nSPS) is 20.1. The van der Waals surface area contributed by atoms with Crippen LogP contribution in [0.1, 0.15) is 11.5 Å². The lowest BCUT2D eigenvalue weighted by Crippen LogP contribution is -2.32. The van der Waals surface area contributed by atoms with Crippen molar-refractivity contribution in [1.29, 1.82) is 0 Å². The molecule has 2 aromatic carbocycles. The number of aryl methyl sites for hydroxylation is 1. The maximum atomic E-state index is 13.4. The number of para-hydroxylation sites is 1. The van der Waals surface area contributed by atoms with Crippen LogP contribution in [0.4, 0.5) is 10.1 Å². The number of hydrogen-bond acceptors (Lipinski definition) is 4. The third kappa shape index (κ3) is 4.01. The topological polar surface area (TPSA) is 67.2 Å². The third-order valence-corrected chi connectivity index (χ3v) is 7.13. The molecule has 1 N–H and O–H groups in total. The predicted molar refractivity (Wildman–Crippen MR) is 110 cm³/mol. The van der Waals surface area contributed by atoms with Gasteiger partial charge in [-0.15, -0.1) is 0 Å². The molecule has 152 valence electrons. The van der Waals surface area contributed by atoms with Crippen LogP contribution in [0.15, 0.2) is 66.1 Å². The van der Waals surface area contributed by atoms with Gasteiger partial charge in [0.2, 0.25) is 0 Å². The smallest absolute Gasteiger partial charge is 0.262 e. The van der Waals surface area contributed by atoms with E-state index in [0.717, 1.165) is 11.3 Å². The number of halogens is 2. The molecule has 0 radical (unpaired) electrons. The molecule has 3 aromatic rings. The van der Waals surface area contributed by atoms with E-state index in [4.69, 9.17) is 11.6 Å². The van der Waals surface area contributed by atoms with Gasteiger partial charge >= 0.3 is 0 Å². The van der Waals surface area contributed by atoms with Crippen LogP contribution in [-0.4, -0.2) is 41.4 Å². The molecule has 1 saturated heterocycles. The van der Waals surface area contributed by atoms with Crippen molar-refractivity contribution in [3.8, 4) is 0 Å². The molecular weight excluding hydrogens is 415 g/mol. The third-order valence-electron chi connectivity index (χ3n) is 5.08. The maximum absolute atomic E-state index is 13.4. The number of hydrogen-bond donors (Lipinski definition) is 1. The van der Waals surface area contributed by atoms with Gasteiger partial charge in [0.25, 0.3) is 10.0 Å². The SMILES string of the molecule is Cn1cnc(S(=O)(=O)N2C[C@H](Nc3ccccc3Cl)[C@@H](c3ccc(F)cc3)C2)c1. The second-order valence-electron chi connectivity index (χ2n) is 7.09. The zero-order valence-electron chi connectivity index (χ0n) is 15.7. The van der Waals surface area contributed by atoms with Crippen molar-refractivity contribution < 1.29 is 12.8 Å². The minimum absolute atomic E-state index is 0.0104. The van der Waals surface area contributed by atoms with Gasteiger partial charge in [0.1, 0.15) is 5.82 Å². The van der Waals surface area contributed by atoms with Crippen LogP contribution in [0, 0.1) is 5.82 Å². The number of imidazole rings is 1. The van der Waals surface area contributed by atoms with Gasteiger partial charge in [-0.05, 0) is 29.8 Å². The number of benzene rings is 2. The zero-order chi connectivity index (χ0) is 20.6. The Hall–Kier alpha value is -2.42. The molecule has 29 heavy (non-hydrogen) atoms. The summed E-state index contributed by atoms with van der Waals surface area (Å²) in [4.78, 5) is 4.01. The highest BCUT2D eigenvalue weighted by atomic mass is 35.5. The summed E-state index contributed by atoms with van der Waals surface area (Å²) < 4.78 is 42.6. The summed E-state index contributed by atoms with van der Waals surface area (Å²) in [5.74, 6) is -0.509. The second-order valence-corrected chi connectivity index (χ2v) is 9.38. The van der Waals surface area contributed by atoms with Gasteiger partial charge in [-0.2, -0.15) is 4.31 Å². The highest BCUT2D eigenvalue weighted by molar-refractivity contribution is 7.89. The average molecular weight is 435 g/mol. The van der Waals surface area contributed by atoms with E-state index >= 15 is 0 Å². The Morgan fingerprint density at radius 3 is 2.52 bits per heavy atom. The molecule has 1 aliphatic heterocycles. The van der Waals surface area contributed by atoms with Gasteiger partial charge < -0.3 is 9.88 Å². The number of nitrogens with one attached hydrogen (secondary N) is 1. The fourth-order valence-corrected chi connectivity index (χ4v) is 5.24. The molecule has 1 aromatic heterocycles. The Morgan fingerprint density at radius 1 is 1.14 bits per heavy atom. The Morgan fingerprint density at radius 2 is 1.86 bits per heavy atom. The van der Waals surface area contributed by atoms with Crippen molar-refractivity contribution in [3.63, 3.8) is 0 Å². The molecule has 0 unspecified atom stereocenters. The number of rotatable bonds is 5. The van der Waals surface area contributed by atoms with Crippen LogP contribution in [0.2, 0.25) is 5.02 Å². The van der Waals surface area contributed by atoms with Crippen molar-refractivity contribution in [3.05, 3.63) is 77.5 Å². The van der Waals surface area contributed by atoms with Gasteiger partial charge in [0, 0.05) is 38.3 Å². The van der Waals surface area contributed by atoms with Crippen LogP contribution >= 0.6 is 11.6 Å². The van der Waals surface area contributed by atoms with E-state index in [0.29, 0.717) is 5.02 Å². The van der Waals surface area contributed by atoms with Crippen LogP contribution in [0.25, 0.3) is 0 Å². The fourth-order valence-electron chi connectivity index (χ4n) is 3.59. The van der Waals surface area contributed by atoms with E-state index in [2.05, 4.69) is 10.3 Å². The first kappa shape index (κ1) is 19.9. The maximum Gasteiger partial charge on any atom is 0.262 e. The highest BCUT2D eigenvalue weighted by Crippen LogP contribution is 2.34. The van der Waals surface area contributed by atoms with Crippen molar-refractivity contribution in [2.45, 2.75) is 17.0 Å². The van der Waals surface area contributed by atoms with E-state index < -0.39 is 10.0 Å². The molecule has 1 fully saturated rings. The van der Waals surface area contributed by atoms with E-state index in [1.54, 1.807) is 29.8 Å². The molecular formula is C20H20ClFN4O2S. The predicted octanol–water partition coefficient (Wildman–Crippen LogP) is 3.48. The van der Waals surface area contributed by atoms with Crippen LogP contribution in [-0.2, 0) is 17.1 Å². The van der Waals surface area contributed by atoms with E-state index in [9.17, 15) is 12.8 Å². The van der Waals surface area contributed by atoms with Gasteiger partial charge in [-0.1, -0.05) is 35.9 Å². The molecule has 0 spiro atoms. The van der Waals surface area contributed by atoms with Crippen LogP contribution in [0.5, 0.6) is 0 Å². The molecule has 2 heterocycles. The summed E-state index contributed by atoms with van der Waals surface area (Å²) in [5, 5.41) is 3.94. The van der Waals surface area contributed by atoms with Crippen LogP contribution < -0.4 is 5.32 Å². The lowest BCUT2D eigenvalue weighted by atomic mass is 9.94. The van der Waals surface area contributed by atoms with Crippen molar-refractivity contribution >= 4 is 27.3 Å². The van der Waals surface area contributed by atoms with Gasteiger partial charge in [-0.3, -0.25) is 0 Å². The monoisotopic (exact) mass is 434 g/mol. The number of aromatic nitrogens is 2. The largest absolute Gasteiger partial charge is 0.379 e. The Labute approximate surface area is 174 Å². The number of nitrogens with zero attached hydrogens (tertiary/aromatic N) is 3. The van der Waals surface area contributed by atoms with Gasteiger partial charge in [0.15, 0.2) is 5.03 Å².